The highest BCUT2D eigenvalue weighted by atomic mass is 32.2. The average molecular weight is 298 g/mol. The number of aromatic nitrogens is 1. The summed E-state index contributed by atoms with van der Waals surface area (Å²) in [6, 6.07) is 3.26. The van der Waals surface area contributed by atoms with E-state index in [4.69, 9.17) is 5.84 Å². The highest BCUT2D eigenvalue weighted by Gasteiger charge is 2.32. The van der Waals surface area contributed by atoms with E-state index in [2.05, 4.69) is 24.3 Å². The molecule has 0 bridgehead atoms. The van der Waals surface area contributed by atoms with Gasteiger partial charge in [0.25, 0.3) is 10.0 Å². The van der Waals surface area contributed by atoms with Crippen molar-refractivity contribution < 1.29 is 8.42 Å². The van der Waals surface area contributed by atoms with Gasteiger partial charge in [-0.15, -0.1) is 0 Å². The number of nitrogens with two attached hydrogens (primary N) is 1. The number of hydrogen-bond donors (Lipinski definition) is 2. The van der Waals surface area contributed by atoms with E-state index in [1.165, 1.54) is 10.5 Å². The van der Waals surface area contributed by atoms with Gasteiger partial charge in [0.2, 0.25) is 0 Å². The van der Waals surface area contributed by atoms with E-state index in [0.717, 1.165) is 12.8 Å². The maximum atomic E-state index is 12.6. The molecule has 1 saturated heterocycles. The van der Waals surface area contributed by atoms with Gasteiger partial charge in [-0.2, -0.15) is 4.31 Å². The molecule has 0 atom stereocenters. The quantitative estimate of drug-likeness (QED) is 0.648. The average Bonchev–Trinajstić information content (AvgIpc) is 2.47. The second kappa shape index (κ2) is 6.07. The van der Waals surface area contributed by atoms with Crippen molar-refractivity contribution in [2.24, 2.45) is 17.7 Å². The predicted molar refractivity (Wildman–Crippen MR) is 78.4 cm³/mol. The smallest absolute Gasteiger partial charge is 0.262 e. The van der Waals surface area contributed by atoms with Gasteiger partial charge in [-0.05, 0) is 36.8 Å². The summed E-state index contributed by atoms with van der Waals surface area (Å²) in [5.74, 6) is 6.55. The van der Waals surface area contributed by atoms with Crippen molar-refractivity contribution in [2.45, 2.75) is 31.7 Å². The molecule has 0 aromatic carbocycles. The number of nitrogen functional groups attached to an aromatic ring is 1. The van der Waals surface area contributed by atoms with E-state index in [-0.39, 0.29) is 5.03 Å². The Morgan fingerprint density at radius 2 is 2.05 bits per heavy atom. The molecule has 1 aromatic heterocycles. The summed E-state index contributed by atoms with van der Waals surface area (Å²) in [5.41, 5.74) is 2.73. The lowest BCUT2D eigenvalue weighted by Gasteiger charge is -2.33. The minimum absolute atomic E-state index is 0.00509. The molecule has 6 nitrogen and oxygen atoms in total. The van der Waals surface area contributed by atoms with Crippen LogP contribution in [-0.4, -0.2) is 30.8 Å². The highest BCUT2D eigenvalue weighted by Crippen LogP contribution is 2.29. The van der Waals surface area contributed by atoms with Gasteiger partial charge < -0.3 is 5.43 Å². The van der Waals surface area contributed by atoms with E-state index in [1.807, 2.05) is 0 Å². The number of piperidine rings is 1. The van der Waals surface area contributed by atoms with Crippen LogP contribution in [0, 0.1) is 11.8 Å². The van der Waals surface area contributed by atoms with Crippen LogP contribution in [0.15, 0.2) is 23.4 Å². The molecule has 112 valence electrons. The van der Waals surface area contributed by atoms with Crippen LogP contribution < -0.4 is 11.3 Å². The third kappa shape index (κ3) is 2.94. The first-order valence-electron chi connectivity index (χ1n) is 6.88. The van der Waals surface area contributed by atoms with E-state index in [9.17, 15) is 8.42 Å². The van der Waals surface area contributed by atoms with Crippen molar-refractivity contribution in [3.8, 4) is 0 Å². The zero-order valence-electron chi connectivity index (χ0n) is 11.9. The van der Waals surface area contributed by atoms with Gasteiger partial charge in [0.05, 0.1) is 5.69 Å². The van der Waals surface area contributed by atoms with E-state index >= 15 is 0 Å². The molecule has 0 unspecified atom stereocenters. The van der Waals surface area contributed by atoms with Gasteiger partial charge in [0.15, 0.2) is 5.03 Å². The first-order chi connectivity index (χ1) is 9.46. The van der Waals surface area contributed by atoms with Gasteiger partial charge in [-0.3, -0.25) is 5.84 Å². The summed E-state index contributed by atoms with van der Waals surface area (Å²) in [5, 5.41) is 0.00509. The number of pyridine rings is 1. The van der Waals surface area contributed by atoms with Crippen molar-refractivity contribution in [3.63, 3.8) is 0 Å². The molecule has 0 radical (unpaired) electrons. The van der Waals surface area contributed by atoms with Crippen LogP contribution >= 0.6 is 0 Å². The molecule has 1 aliphatic rings. The predicted octanol–water partition coefficient (Wildman–Crippen LogP) is 1.42. The zero-order valence-corrected chi connectivity index (χ0v) is 12.7. The number of anilines is 1. The molecule has 2 rings (SSSR count). The largest absolute Gasteiger partial charge is 0.321 e. The highest BCUT2D eigenvalue weighted by molar-refractivity contribution is 7.89. The molecule has 3 N–H and O–H groups in total. The Bertz CT molecular complexity index is 551. The first kappa shape index (κ1) is 15.2. The molecular formula is C13H22N4O2S. The number of nitrogens with zero attached hydrogens (tertiary/aromatic N) is 2. The molecule has 0 aliphatic carbocycles. The summed E-state index contributed by atoms with van der Waals surface area (Å²) in [6.45, 7) is 5.46. The third-order valence-electron chi connectivity index (χ3n) is 3.95. The van der Waals surface area contributed by atoms with Crippen molar-refractivity contribution >= 4 is 15.7 Å². The minimum atomic E-state index is -3.57. The molecule has 1 aliphatic heterocycles. The molecule has 0 saturated carbocycles. The summed E-state index contributed by atoms with van der Waals surface area (Å²) >= 11 is 0. The Balaban J connectivity index is 2.20. The summed E-state index contributed by atoms with van der Waals surface area (Å²) in [4.78, 5) is 3.98. The van der Waals surface area contributed by atoms with E-state index < -0.39 is 10.0 Å². The van der Waals surface area contributed by atoms with Crippen LogP contribution in [0.25, 0.3) is 0 Å². The normalized spacial score (nSPS) is 18.4. The van der Waals surface area contributed by atoms with E-state index in [1.54, 1.807) is 12.1 Å². The number of nitrogens with one attached hydrogen (secondary N) is 1. The molecular weight excluding hydrogens is 276 g/mol. The Labute approximate surface area is 120 Å². The summed E-state index contributed by atoms with van der Waals surface area (Å²) in [7, 11) is -3.57. The van der Waals surface area contributed by atoms with Gasteiger partial charge in [-0.1, -0.05) is 13.8 Å². The van der Waals surface area contributed by atoms with Crippen LogP contribution in [0.1, 0.15) is 26.7 Å². The summed E-state index contributed by atoms with van der Waals surface area (Å²) in [6.07, 6.45) is 3.26. The number of hydrazine groups is 1. The molecule has 1 fully saturated rings. The molecule has 0 spiro atoms. The van der Waals surface area contributed by atoms with Crippen molar-refractivity contribution in [1.29, 1.82) is 0 Å². The maximum absolute atomic E-state index is 12.6. The number of hydrogen-bond acceptors (Lipinski definition) is 5. The lowest BCUT2D eigenvalue weighted by atomic mass is 9.87. The minimum Gasteiger partial charge on any atom is -0.321 e. The third-order valence-corrected chi connectivity index (χ3v) is 5.81. The Hall–Kier alpha value is -1.18. The standard InChI is InChI=1S/C13H22N4O2S/c1-10(2)11-5-8-17(9-6-11)20(18,19)13-12(16-14)4-3-7-15-13/h3-4,7,10-11,16H,5-6,8-9,14H2,1-2H3. The van der Waals surface area contributed by atoms with Gasteiger partial charge in [0, 0.05) is 19.3 Å². The van der Waals surface area contributed by atoms with Crippen molar-refractivity contribution in [1.82, 2.24) is 9.29 Å². The summed E-state index contributed by atoms with van der Waals surface area (Å²) < 4.78 is 26.7. The lowest BCUT2D eigenvalue weighted by Crippen LogP contribution is -2.40. The first-order valence-corrected chi connectivity index (χ1v) is 8.32. The van der Waals surface area contributed by atoms with Crippen molar-refractivity contribution in [2.75, 3.05) is 18.5 Å². The zero-order chi connectivity index (χ0) is 14.8. The molecule has 1 aromatic rings. The fraction of sp³-hybridized carbons (Fsp3) is 0.615. The Morgan fingerprint density at radius 3 is 2.60 bits per heavy atom. The second-order valence-corrected chi connectivity index (χ2v) is 7.34. The lowest BCUT2D eigenvalue weighted by molar-refractivity contribution is 0.226. The Kier molecular flexibility index (Phi) is 4.62. The van der Waals surface area contributed by atoms with Crippen LogP contribution in [0.5, 0.6) is 0 Å². The molecule has 20 heavy (non-hydrogen) atoms. The molecule has 0 amide bonds. The van der Waals surface area contributed by atoms with Crippen LogP contribution in [0.3, 0.4) is 0 Å². The second-order valence-electron chi connectivity index (χ2n) is 5.49. The number of sulfonamides is 1. The maximum Gasteiger partial charge on any atom is 0.262 e. The van der Waals surface area contributed by atoms with E-state index in [0.29, 0.717) is 30.6 Å². The monoisotopic (exact) mass is 298 g/mol. The molecule has 7 heteroatoms. The van der Waals surface area contributed by atoms with Crippen LogP contribution in [0.4, 0.5) is 5.69 Å². The van der Waals surface area contributed by atoms with Gasteiger partial charge in [-0.25, -0.2) is 13.4 Å². The van der Waals surface area contributed by atoms with Crippen LogP contribution in [-0.2, 0) is 10.0 Å². The number of rotatable bonds is 4. The van der Waals surface area contributed by atoms with Gasteiger partial charge >= 0.3 is 0 Å². The topological polar surface area (TPSA) is 88.3 Å². The molecule has 2 heterocycles. The Morgan fingerprint density at radius 1 is 1.40 bits per heavy atom. The fourth-order valence-corrected chi connectivity index (χ4v) is 4.15. The van der Waals surface area contributed by atoms with Crippen molar-refractivity contribution in [3.05, 3.63) is 18.3 Å². The fourth-order valence-electron chi connectivity index (χ4n) is 2.61. The van der Waals surface area contributed by atoms with Crippen LogP contribution in [0.2, 0.25) is 0 Å². The SMILES string of the molecule is CC(C)C1CCN(S(=O)(=O)c2ncccc2NN)CC1. The van der Waals surface area contributed by atoms with Gasteiger partial charge in [0.1, 0.15) is 0 Å².